The number of imide groups is 1. The number of rotatable bonds is 5. The normalized spacial score (nSPS) is 23.8. The molecule has 5 heterocycles. The minimum absolute atomic E-state index is 0.0785. The lowest BCUT2D eigenvalue weighted by atomic mass is 9.94. The summed E-state index contributed by atoms with van der Waals surface area (Å²) in [7, 11) is 0. The highest BCUT2D eigenvalue weighted by atomic mass is 16.5. The van der Waals surface area contributed by atoms with Crippen LogP contribution in [0.5, 0.6) is 0 Å². The largest absolute Gasteiger partial charge is 0.459 e. The van der Waals surface area contributed by atoms with Gasteiger partial charge in [0.25, 0.3) is 17.7 Å². The first-order valence-electron chi connectivity index (χ1n) is 13.5. The third-order valence-corrected chi connectivity index (χ3v) is 8.11. The molecule has 0 saturated carbocycles. The van der Waals surface area contributed by atoms with Gasteiger partial charge in [-0.25, -0.2) is 0 Å². The van der Waals surface area contributed by atoms with E-state index in [1.54, 1.807) is 23.1 Å². The maximum Gasteiger partial charge on any atom is 0.289 e. The van der Waals surface area contributed by atoms with Crippen molar-refractivity contribution in [1.29, 1.82) is 0 Å². The van der Waals surface area contributed by atoms with E-state index in [0.29, 0.717) is 56.2 Å². The average Bonchev–Trinajstić information content (AvgIpc) is 3.73. The van der Waals surface area contributed by atoms with Gasteiger partial charge in [-0.2, -0.15) is 0 Å². The number of carbonyl (C=O) groups excluding carboxylic acids is 4. The van der Waals surface area contributed by atoms with Crippen LogP contribution in [-0.2, 0) is 9.53 Å². The zero-order chi connectivity index (χ0) is 26.2. The first-order valence-corrected chi connectivity index (χ1v) is 13.5. The summed E-state index contributed by atoms with van der Waals surface area (Å²) in [5.41, 5.74) is 1.59. The first-order chi connectivity index (χ1) is 18.5. The Kier molecular flexibility index (Phi) is 6.65. The van der Waals surface area contributed by atoms with E-state index in [0.717, 1.165) is 37.9 Å². The highest BCUT2D eigenvalue weighted by Gasteiger charge is 2.41. The Labute approximate surface area is 221 Å². The van der Waals surface area contributed by atoms with Gasteiger partial charge < -0.3 is 23.9 Å². The molecule has 0 N–H and O–H groups in total. The SMILES string of the molecule is O=C(c1ccco1)N1CCN(C(=O)[C@H]2CCCN(c3cccc4c3C(=O)N(C[C@H]3CCCO3)C4=O)C2)CC1. The van der Waals surface area contributed by atoms with Crippen molar-refractivity contribution >= 4 is 29.3 Å². The lowest BCUT2D eigenvalue weighted by Crippen LogP contribution is -2.53. The Balaban J connectivity index is 1.12. The van der Waals surface area contributed by atoms with E-state index in [4.69, 9.17) is 9.15 Å². The highest BCUT2D eigenvalue weighted by Crippen LogP contribution is 2.35. The molecular weight excluding hydrogens is 488 g/mol. The Morgan fingerprint density at radius 3 is 2.45 bits per heavy atom. The number of carbonyl (C=O) groups is 4. The minimum Gasteiger partial charge on any atom is -0.459 e. The monoisotopic (exact) mass is 520 g/mol. The van der Waals surface area contributed by atoms with Gasteiger partial charge in [0.15, 0.2) is 5.76 Å². The molecule has 3 saturated heterocycles. The van der Waals surface area contributed by atoms with E-state index in [1.165, 1.54) is 11.2 Å². The van der Waals surface area contributed by atoms with Crippen LogP contribution in [0.2, 0.25) is 0 Å². The fourth-order valence-corrected chi connectivity index (χ4v) is 6.08. The number of furan rings is 1. The number of hydrogen-bond donors (Lipinski definition) is 0. The van der Waals surface area contributed by atoms with E-state index < -0.39 is 0 Å². The molecule has 200 valence electrons. The first kappa shape index (κ1) is 24.7. The van der Waals surface area contributed by atoms with Crippen LogP contribution in [-0.4, -0.2) is 96.9 Å². The fraction of sp³-hybridized carbons (Fsp3) is 0.500. The summed E-state index contributed by atoms with van der Waals surface area (Å²) >= 11 is 0. The minimum atomic E-state index is -0.276. The van der Waals surface area contributed by atoms with E-state index in [2.05, 4.69) is 4.90 Å². The maximum atomic E-state index is 13.5. The fourth-order valence-electron chi connectivity index (χ4n) is 6.08. The number of amides is 4. The van der Waals surface area contributed by atoms with Crippen LogP contribution in [0.4, 0.5) is 5.69 Å². The van der Waals surface area contributed by atoms with Gasteiger partial charge in [0, 0.05) is 45.9 Å². The van der Waals surface area contributed by atoms with E-state index >= 15 is 0 Å². The van der Waals surface area contributed by atoms with Crippen molar-refractivity contribution in [1.82, 2.24) is 14.7 Å². The van der Waals surface area contributed by atoms with Crippen molar-refractivity contribution < 1.29 is 28.3 Å². The molecule has 1 aromatic heterocycles. The zero-order valence-electron chi connectivity index (χ0n) is 21.3. The molecule has 2 aromatic rings. The molecule has 4 aliphatic rings. The Hall–Kier alpha value is -3.66. The Bertz CT molecular complexity index is 1230. The summed E-state index contributed by atoms with van der Waals surface area (Å²) in [6.45, 7) is 4.04. The number of fused-ring (bicyclic) bond motifs is 1. The predicted octanol–water partition coefficient (Wildman–Crippen LogP) is 2.26. The molecular formula is C28H32N4O6. The van der Waals surface area contributed by atoms with Crippen molar-refractivity contribution in [2.75, 3.05) is 57.3 Å². The molecule has 3 fully saturated rings. The number of piperazine rings is 1. The molecule has 38 heavy (non-hydrogen) atoms. The van der Waals surface area contributed by atoms with Gasteiger partial charge in [-0.3, -0.25) is 24.1 Å². The lowest BCUT2D eigenvalue weighted by molar-refractivity contribution is -0.137. The molecule has 0 bridgehead atoms. The quantitative estimate of drug-likeness (QED) is 0.557. The van der Waals surface area contributed by atoms with Crippen LogP contribution >= 0.6 is 0 Å². The third-order valence-electron chi connectivity index (χ3n) is 8.11. The van der Waals surface area contributed by atoms with Gasteiger partial charge >= 0.3 is 0 Å². The zero-order valence-corrected chi connectivity index (χ0v) is 21.3. The van der Waals surface area contributed by atoms with E-state index in [1.807, 2.05) is 17.0 Å². The maximum absolute atomic E-state index is 13.5. The second kappa shape index (κ2) is 10.2. The van der Waals surface area contributed by atoms with Gasteiger partial charge in [0.2, 0.25) is 5.91 Å². The molecule has 10 nitrogen and oxygen atoms in total. The van der Waals surface area contributed by atoms with Crippen LogP contribution in [0.25, 0.3) is 0 Å². The number of hydrogen-bond acceptors (Lipinski definition) is 7. The molecule has 4 aliphatic heterocycles. The summed E-state index contributed by atoms with van der Waals surface area (Å²) in [5.74, 6) is -0.519. The van der Waals surface area contributed by atoms with Gasteiger partial charge in [0.05, 0.1) is 41.6 Å². The van der Waals surface area contributed by atoms with Crippen LogP contribution in [0.3, 0.4) is 0 Å². The van der Waals surface area contributed by atoms with Gasteiger partial charge in [0.1, 0.15) is 0 Å². The van der Waals surface area contributed by atoms with Crippen molar-refractivity contribution in [3.8, 4) is 0 Å². The molecule has 2 atom stereocenters. The number of anilines is 1. The van der Waals surface area contributed by atoms with Crippen molar-refractivity contribution in [3.05, 3.63) is 53.5 Å². The molecule has 1 aromatic carbocycles. The summed E-state index contributed by atoms with van der Waals surface area (Å²) in [4.78, 5) is 59.5. The van der Waals surface area contributed by atoms with Crippen molar-refractivity contribution in [2.45, 2.75) is 31.8 Å². The number of ether oxygens (including phenoxy) is 1. The van der Waals surface area contributed by atoms with Crippen LogP contribution in [0.15, 0.2) is 41.0 Å². The summed E-state index contributed by atoms with van der Waals surface area (Å²) < 4.78 is 10.9. The second-order valence-corrected chi connectivity index (χ2v) is 10.4. The van der Waals surface area contributed by atoms with Gasteiger partial charge in [-0.05, 0) is 49.9 Å². The predicted molar refractivity (Wildman–Crippen MR) is 137 cm³/mol. The standard InChI is InChI=1S/C28H32N4O6/c33-25(29-11-13-30(14-12-29)27(35)23-9-4-16-38-23)19-5-2-10-31(17-19)22-8-1-7-21-24(22)28(36)32(26(21)34)18-20-6-3-15-37-20/h1,4,7-9,16,19-20H,2-3,5-6,10-15,17-18H2/t19-,20+/m0/s1. The molecule has 4 amide bonds. The Morgan fingerprint density at radius 1 is 0.895 bits per heavy atom. The molecule has 0 radical (unpaired) electrons. The number of piperidine rings is 1. The van der Waals surface area contributed by atoms with Crippen LogP contribution in [0.1, 0.15) is 57.0 Å². The molecule has 0 aliphatic carbocycles. The van der Waals surface area contributed by atoms with E-state index in [9.17, 15) is 19.2 Å². The molecule has 0 spiro atoms. The lowest BCUT2D eigenvalue weighted by Gasteiger charge is -2.39. The van der Waals surface area contributed by atoms with Crippen LogP contribution in [0, 0.1) is 5.92 Å². The van der Waals surface area contributed by atoms with Crippen molar-refractivity contribution in [2.24, 2.45) is 5.92 Å². The smallest absolute Gasteiger partial charge is 0.289 e. The van der Waals surface area contributed by atoms with Gasteiger partial charge in [-0.1, -0.05) is 6.07 Å². The summed E-state index contributed by atoms with van der Waals surface area (Å²) in [6.07, 6.45) is 4.76. The van der Waals surface area contributed by atoms with E-state index in [-0.39, 0.29) is 42.2 Å². The van der Waals surface area contributed by atoms with Gasteiger partial charge in [-0.15, -0.1) is 0 Å². The number of nitrogens with zero attached hydrogens (tertiary/aromatic N) is 4. The Morgan fingerprint density at radius 2 is 1.71 bits per heavy atom. The second-order valence-electron chi connectivity index (χ2n) is 10.4. The highest BCUT2D eigenvalue weighted by molar-refractivity contribution is 6.23. The molecule has 10 heteroatoms. The molecule has 6 rings (SSSR count). The molecule has 0 unspecified atom stereocenters. The van der Waals surface area contributed by atoms with Crippen molar-refractivity contribution in [3.63, 3.8) is 0 Å². The summed E-state index contributed by atoms with van der Waals surface area (Å²) in [6, 6.07) is 8.75. The summed E-state index contributed by atoms with van der Waals surface area (Å²) in [5, 5.41) is 0. The van der Waals surface area contributed by atoms with Crippen LogP contribution < -0.4 is 4.90 Å². The third kappa shape index (κ3) is 4.47. The average molecular weight is 521 g/mol. The topological polar surface area (TPSA) is 104 Å². The number of benzene rings is 1.